The third-order valence-electron chi connectivity index (χ3n) is 4.03. The Hall–Kier alpha value is -2.91. The number of thiophene rings is 1. The molecule has 4 heterocycles. The minimum absolute atomic E-state index is 0.109. The van der Waals surface area contributed by atoms with Crippen LogP contribution in [-0.4, -0.2) is 25.3 Å². The fourth-order valence-corrected chi connectivity index (χ4v) is 4.09. The molecule has 5 rings (SSSR count). The van der Waals surface area contributed by atoms with Gasteiger partial charge < -0.3 is 13.9 Å². The van der Waals surface area contributed by atoms with Gasteiger partial charge in [-0.25, -0.2) is 0 Å². The number of para-hydroxylation sites is 1. The van der Waals surface area contributed by atoms with E-state index in [1.807, 2.05) is 54.9 Å². The van der Waals surface area contributed by atoms with E-state index in [4.69, 9.17) is 8.94 Å². The Kier molecular flexibility index (Phi) is 4.02. The van der Waals surface area contributed by atoms with Crippen LogP contribution < -0.4 is 0 Å². The Morgan fingerprint density at radius 1 is 1.15 bits per heavy atom. The van der Waals surface area contributed by atoms with E-state index in [1.165, 1.54) is 11.8 Å². The van der Waals surface area contributed by atoms with Crippen LogP contribution in [-0.2, 0) is 0 Å². The van der Waals surface area contributed by atoms with Crippen molar-refractivity contribution in [3.05, 3.63) is 53.9 Å². The monoisotopic (exact) mass is 395 g/mol. The Labute approximate surface area is 161 Å². The van der Waals surface area contributed by atoms with Crippen molar-refractivity contribution in [2.45, 2.75) is 17.4 Å². The average Bonchev–Trinajstić information content (AvgIpc) is 3.46. The van der Waals surface area contributed by atoms with E-state index in [9.17, 15) is 0 Å². The summed E-state index contributed by atoms with van der Waals surface area (Å²) in [6, 6.07) is 11.9. The molecular formula is C18H13N5O2S2. The van der Waals surface area contributed by atoms with Crippen LogP contribution in [0.3, 0.4) is 0 Å². The van der Waals surface area contributed by atoms with Gasteiger partial charge in [-0.1, -0.05) is 41.2 Å². The lowest BCUT2D eigenvalue weighted by Gasteiger charge is -2.00. The Balaban J connectivity index is 1.36. The first-order valence-corrected chi connectivity index (χ1v) is 9.98. The Bertz CT molecular complexity index is 1190. The molecule has 0 aliphatic carbocycles. The number of fused-ring (bicyclic) bond motifs is 1. The molecule has 0 aliphatic rings. The highest BCUT2D eigenvalue weighted by Crippen LogP contribution is 2.36. The van der Waals surface area contributed by atoms with E-state index in [2.05, 4.69) is 25.3 Å². The van der Waals surface area contributed by atoms with Crippen LogP contribution in [0, 0.1) is 0 Å². The van der Waals surface area contributed by atoms with Gasteiger partial charge in [0.05, 0.1) is 15.7 Å². The van der Waals surface area contributed by atoms with Gasteiger partial charge in [0.25, 0.3) is 11.1 Å². The molecule has 5 aromatic rings. The molecule has 0 saturated carbocycles. The maximum atomic E-state index is 5.84. The lowest BCUT2D eigenvalue weighted by atomic mass is 10.2. The van der Waals surface area contributed by atoms with Crippen molar-refractivity contribution in [3.8, 4) is 22.2 Å². The van der Waals surface area contributed by atoms with Crippen molar-refractivity contribution in [2.75, 3.05) is 0 Å². The number of hydrogen-bond donors (Lipinski definition) is 1. The molecule has 1 N–H and O–H groups in total. The zero-order valence-electron chi connectivity index (χ0n) is 14.1. The highest BCUT2D eigenvalue weighted by molar-refractivity contribution is 7.99. The summed E-state index contributed by atoms with van der Waals surface area (Å²) < 4.78 is 11.2. The maximum absolute atomic E-state index is 5.84. The predicted molar refractivity (Wildman–Crippen MR) is 103 cm³/mol. The van der Waals surface area contributed by atoms with Crippen LogP contribution in [0.1, 0.15) is 18.1 Å². The molecule has 4 aromatic heterocycles. The highest BCUT2D eigenvalue weighted by atomic mass is 32.2. The number of aromatic amines is 1. The van der Waals surface area contributed by atoms with Gasteiger partial charge in [0, 0.05) is 17.1 Å². The van der Waals surface area contributed by atoms with Gasteiger partial charge in [-0.15, -0.1) is 21.5 Å². The summed E-state index contributed by atoms with van der Waals surface area (Å²) in [5, 5.41) is 15.7. The first-order chi connectivity index (χ1) is 13.3. The summed E-state index contributed by atoms with van der Waals surface area (Å²) >= 11 is 2.96. The summed E-state index contributed by atoms with van der Waals surface area (Å²) in [6.07, 6.45) is 1.88. The largest absolute Gasteiger partial charge is 0.411 e. The molecule has 0 saturated heterocycles. The van der Waals surface area contributed by atoms with Gasteiger partial charge >= 0.3 is 0 Å². The van der Waals surface area contributed by atoms with Gasteiger partial charge in [-0.2, -0.15) is 4.98 Å². The minimum atomic E-state index is -0.109. The summed E-state index contributed by atoms with van der Waals surface area (Å²) in [5.74, 6) is 1.60. The van der Waals surface area contributed by atoms with E-state index >= 15 is 0 Å². The van der Waals surface area contributed by atoms with E-state index in [1.54, 1.807) is 11.3 Å². The fourth-order valence-electron chi connectivity index (χ4n) is 2.72. The van der Waals surface area contributed by atoms with Gasteiger partial charge in [0.2, 0.25) is 11.7 Å². The lowest BCUT2D eigenvalue weighted by molar-refractivity contribution is 0.379. The minimum Gasteiger partial charge on any atom is -0.411 e. The van der Waals surface area contributed by atoms with Crippen molar-refractivity contribution in [1.82, 2.24) is 25.3 Å². The van der Waals surface area contributed by atoms with Crippen LogP contribution in [0.4, 0.5) is 0 Å². The molecule has 7 nitrogen and oxygen atoms in total. The van der Waals surface area contributed by atoms with Crippen molar-refractivity contribution in [3.63, 3.8) is 0 Å². The van der Waals surface area contributed by atoms with E-state index in [0.717, 1.165) is 21.3 Å². The van der Waals surface area contributed by atoms with Crippen LogP contribution in [0.2, 0.25) is 0 Å². The van der Waals surface area contributed by atoms with E-state index < -0.39 is 0 Å². The number of nitrogens with one attached hydrogen (secondary N) is 1. The molecule has 134 valence electrons. The number of H-pyrrole nitrogens is 1. The van der Waals surface area contributed by atoms with Crippen molar-refractivity contribution >= 4 is 34.0 Å². The third-order valence-corrected chi connectivity index (χ3v) is 5.82. The third kappa shape index (κ3) is 3.04. The fraction of sp³-hybridized carbons (Fsp3) is 0.111. The van der Waals surface area contributed by atoms with Crippen LogP contribution in [0.25, 0.3) is 33.1 Å². The number of hydrogen-bond acceptors (Lipinski definition) is 8. The summed E-state index contributed by atoms with van der Waals surface area (Å²) in [7, 11) is 0. The van der Waals surface area contributed by atoms with Gasteiger partial charge in [-0.05, 0) is 24.4 Å². The molecule has 1 unspecified atom stereocenters. The van der Waals surface area contributed by atoms with Crippen LogP contribution in [0.5, 0.6) is 0 Å². The maximum Gasteiger partial charge on any atom is 0.277 e. The van der Waals surface area contributed by atoms with Crippen LogP contribution >= 0.6 is 23.1 Å². The standard InChI is InChI=1S/C18H13N5O2S2/c1-10(16-20-15(23-25-16)14-7-4-8-26-14)27-18-22-21-17(24-18)12-9-19-13-6-3-2-5-11(12)13/h2-10,19H,1H3. The molecule has 9 heteroatoms. The average molecular weight is 395 g/mol. The topological polar surface area (TPSA) is 93.6 Å². The second kappa shape index (κ2) is 6.67. The summed E-state index contributed by atoms with van der Waals surface area (Å²) in [5.41, 5.74) is 1.91. The second-order valence-corrected chi connectivity index (χ2v) is 8.05. The quantitative estimate of drug-likeness (QED) is 0.410. The van der Waals surface area contributed by atoms with Crippen molar-refractivity contribution < 1.29 is 8.94 Å². The van der Waals surface area contributed by atoms with E-state index in [-0.39, 0.29) is 5.25 Å². The molecule has 0 bridgehead atoms. The molecule has 27 heavy (non-hydrogen) atoms. The van der Waals surface area contributed by atoms with Gasteiger partial charge in [0.15, 0.2) is 0 Å². The predicted octanol–water partition coefficient (Wildman–Crippen LogP) is 5.18. The number of aromatic nitrogens is 5. The number of rotatable bonds is 5. The highest BCUT2D eigenvalue weighted by Gasteiger charge is 2.21. The molecule has 0 spiro atoms. The van der Waals surface area contributed by atoms with Crippen molar-refractivity contribution in [2.24, 2.45) is 0 Å². The van der Waals surface area contributed by atoms with Gasteiger partial charge in [-0.3, -0.25) is 0 Å². The SMILES string of the molecule is CC(Sc1nnc(-c2c[nH]c3ccccc23)o1)c1nc(-c2cccs2)no1. The molecule has 0 radical (unpaired) electrons. The molecule has 1 aromatic carbocycles. The second-order valence-electron chi connectivity index (χ2n) is 5.81. The van der Waals surface area contributed by atoms with Gasteiger partial charge in [0.1, 0.15) is 0 Å². The number of thioether (sulfide) groups is 1. The first kappa shape index (κ1) is 16.3. The Morgan fingerprint density at radius 3 is 2.96 bits per heavy atom. The molecular weight excluding hydrogens is 382 g/mol. The number of benzene rings is 1. The smallest absolute Gasteiger partial charge is 0.277 e. The zero-order chi connectivity index (χ0) is 18.2. The molecule has 0 fully saturated rings. The van der Waals surface area contributed by atoms with E-state index in [0.29, 0.717) is 22.8 Å². The van der Waals surface area contributed by atoms with Crippen molar-refractivity contribution in [1.29, 1.82) is 0 Å². The Morgan fingerprint density at radius 2 is 2.07 bits per heavy atom. The molecule has 1 atom stereocenters. The summed E-state index contributed by atoms with van der Waals surface area (Å²) in [6.45, 7) is 1.96. The molecule has 0 aliphatic heterocycles. The number of nitrogens with zero attached hydrogens (tertiary/aromatic N) is 4. The first-order valence-electron chi connectivity index (χ1n) is 8.22. The molecule has 0 amide bonds. The normalized spacial score (nSPS) is 12.6. The van der Waals surface area contributed by atoms with Crippen LogP contribution in [0.15, 0.2) is 62.1 Å². The summed E-state index contributed by atoms with van der Waals surface area (Å²) in [4.78, 5) is 8.65. The lowest BCUT2D eigenvalue weighted by Crippen LogP contribution is -1.88. The zero-order valence-corrected chi connectivity index (χ0v) is 15.8.